The Morgan fingerprint density at radius 1 is 1.06 bits per heavy atom. The van der Waals surface area contributed by atoms with Crippen molar-refractivity contribution in [1.82, 2.24) is 0 Å². The zero-order valence-electron chi connectivity index (χ0n) is 10.2. The first-order valence-electron chi connectivity index (χ1n) is 5.63. The molecule has 0 atom stereocenters. The Hall–Kier alpha value is -2.07. The number of ether oxygens (including phenoxy) is 2. The van der Waals surface area contributed by atoms with Crippen LogP contribution in [0.3, 0.4) is 0 Å². The molecule has 0 radical (unpaired) electrons. The van der Waals surface area contributed by atoms with Crippen molar-refractivity contribution in [1.29, 1.82) is 0 Å². The van der Waals surface area contributed by atoms with Gasteiger partial charge in [0.15, 0.2) is 0 Å². The number of methoxy groups -OCH3 is 1. The van der Waals surface area contributed by atoms with E-state index in [0.29, 0.717) is 23.6 Å². The number of benzene rings is 2. The minimum absolute atomic E-state index is 0.295. The molecular weight excluding hydrogens is 233 g/mol. The molecule has 0 aliphatic heterocycles. The summed E-state index contributed by atoms with van der Waals surface area (Å²) in [5.41, 5.74) is 4.19. The second-order valence-corrected chi connectivity index (χ2v) is 3.74. The van der Waals surface area contributed by atoms with Crippen LogP contribution in [-0.2, 0) is 6.54 Å². The minimum atomic E-state index is -0.295. The number of quaternary nitrogens is 1. The highest BCUT2D eigenvalue weighted by Gasteiger charge is 2.10. The van der Waals surface area contributed by atoms with E-state index in [1.807, 2.05) is 0 Å². The first kappa shape index (κ1) is 12.4. The lowest BCUT2D eigenvalue weighted by atomic mass is 10.2. The van der Waals surface area contributed by atoms with Crippen molar-refractivity contribution in [2.24, 2.45) is 0 Å². The average molecular weight is 248 g/mol. The fourth-order valence-electron chi connectivity index (χ4n) is 1.65. The maximum Gasteiger partial charge on any atom is 0.139 e. The molecule has 3 nitrogen and oxygen atoms in total. The fraction of sp³-hybridized carbons (Fsp3) is 0.143. The van der Waals surface area contributed by atoms with Crippen LogP contribution in [0.5, 0.6) is 17.2 Å². The molecule has 0 spiro atoms. The molecule has 0 saturated carbocycles. The lowest BCUT2D eigenvalue weighted by molar-refractivity contribution is -0.387. The van der Waals surface area contributed by atoms with Gasteiger partial charge in [0.1, 0.15) is 29.6 Å². The largest absolute Gasteiger partial charge is 0.497 e. The molecule has 0 aliphatic carbocycles. The summed E-state index contributed by atoms with van der Waals surface area (Å²) in [7, 11) is 1.60. The quantitative estimate of drug-likeness (QED) is 0.902. The molecule has 94 valence electrons. The maximum atomic E-state index is 13.5. The maximum absolute atomic E-state index is 13.5. The number of halogens is 1. The highest BCUT2D eigenvalue weighted by Crippen LogP contribution is 2.27. The van der Waals surface area contributed by atoms with Gasteiger partial charge < -0.3 is 15.2 Å². The first-order chi connectivity index (χ1) is 8.74. The van der Waals surface area contributed by atoms with Crippen LogP contribution in [0, 0.1) is 5.82 Å². The summed E-state index contributed by atoms with van der Waals surface area (Å²) < 4.78 is 24.2. The normalized spacial score (nSPS) is 10.2. The van der Waals surface area contributed by atoms with Crippen LogP contribution in [-0.4, -0.2) is 7.11 Å². The molecule has 0 aliphatic rings. The molecule has 3 N–H and O–H groups in total. The van der Waals surface area contributed by atoms with E-state index >= 15 is 0 Å². The predicted molar refractivity (Wildman–Crippen MR) is 66.1 cm³/mol. The van der Waals surface area contributed by atoms with Gasteiger partial charge in [-0.3, -0.25) is 0 Å². The second-order valence-electron chi connectivity index (χ2n) is 3.74. The van der Waals surface area contributed by atoms with E-state index < -0.39 is 0 Å². The van der Waals surface area contributed by atoms with Crippen LogP contribution >= 0.6 is 0 Å². The van der Waals surface area contributed by atoms with E-state index in [0.717, 1.165) is 5.75 Å². The lowest BCUT2D eigenvalue weighted by Gasteiger charge is -2.10. The summed E-state index contributed by atoms with van der Waals surface area (Å²) in [6.45, 7) is 0.345. The van der Waals surface area contributed by atoms with E-state index in [9.17, 15) is 4.39 Å². The van der Waals surface area contributed by atoms with E-state index in [2.05, 4.69) is 5.73 Å². The third-order valence-electron chi connectivity index (χ3n) is 2.61. The third kappa shape index (κ3) is 2.60. The number of hydrogen-bond acceptors (Lipinski definition) is 2. The SMILES string of the molecule is COc1ccc(Oc2cccc(F)c2C[NH3+])cc1. The molecule has 0 aromatic heterocycles. The van der Waals surface area contributed by atoms with Crippen molar-refractivity contribution in [3.63, 3.8) is 0 Å². The Kier molecular flexibility index (Phi) is 3.79. The summed E-state index contributed by atoms with van der Waals surface area (Å²) in [6, 6.07) is 11.9. The van der Waals surface area contributed by atoms with Crippen molar-refractivity contribution in [2.75, 3.05) is 7.11 Å². The monoisotopic (exact) mass is 248 g/mol. The number of rotatable bonds is 4. The predicted octanol–water partition coefficient (Wildman–Crippen LogP) is 2.37. The smallest absolute Gasteiger partial charge is 0.139 e. The van der Waals surface area contributed by atoms with Crippen molar-refractivity contribution < 1.29 is 19.6 Å². The fourth-order valence-corrected chi connectivity index (χ4v) is 1.65. The van der Waals surface area contributed by atoms with Gasteiger partial charge in [-0.1, -0.05) is 6.07 Å². The van der Waals surface area contributed by atoms with Gasteiger partial charge in [0.05, 0.1) is 12.7 Å². The van der Waals surface area contributed by atoms with E-state index in [4.69, 9.17) is 9.47 Å². The average Bonchev–Trinajstić information content (AvgIpc) is 2.40. The Morgan fingerprint density at radius 2 is 1.72 bits per heavy atom. The standard InChI is InChI=1S/C14H14FNO2/c1-17-10-5-7-11(8-6-10)18-14-4-2-3-13(15)12(14)9-16/h2-8H,9,16H2,1H3/p+1. The molecule has 2 aromatic carbocycles. The van der Waals surface area contributed by atoms with Crippen LogP contribution < -0.4 is 15.2 Å². The molecule has 18 heavy (non-hydrogen) atoms. The summed E-state index contributed by atoms with van der Waals surface area (Å²) in [5, 5.41) is 0. The van der Waals surface area contributed by atoms with E-state index in [1.54, 1.807) is 43.5 Å². The summed E-state index contributed by atoms with van der Waals surface area (Å²) in [5.74, 6) is 1.58. The third-order valence-corrected chi connectivity index (χ3v) is 2.61. The Balaban J connectivity index is 2.25. The molecule has 0 unspecified atom stereocenters. The molecule has 2 aromatic rings. The highest BCUT2D eigenvalue weighted by molar-refractivity contribution is 5.39. The second kappa shape index (κ2) is 5.51. The van der Waals surface area contributed by atoms with Gasteiger partial charge in [-0.2, -0.15) is 0 Å². The van der Waals surface area contributed by atoms with Crippen molar-refractivity contribution in [3.05, 3.63) is 53.8 Å². The first-order valence-corrected chi connectivity index (χ1v) is 5.63. The van der Waals surface area contributed by atoms with Crippen LogP contribution in [0.1, 0.15) is 5.56 Å². The van der Waals surface area contributed by atoms with Crippen LogP contribution in [0.2, 0.25) is 0 Å². The van der Waals surface area contributed by atoms with Gasteiger partial charge in [-0.05, 0) is 36.4 Å². The van der Waals surface area contributed by atoms with Gasteiger partial charge in [0.2, 0.25) is 0 Å². The molecular formula is C14H15FNO2+. The lowest BCUT2D eigenvalue weighted by Crippen LogP contribution is -2.47. The van der Waals surface area contributed by atoms with Gasteiger partial charge in [0, 0.05) is 0 Å². The molecule has 0 fully saturated rings. The zero-order chi connectivity index (χ0) is 13.0. The topological polar surface area (TPSA) is 46.1 Å². The molecule has 2 rings (SSSR count). The van der Waals surface area contributed by atoms with Crippen LogP contribution in [0.4, 0.5) is 4.39 Å². The molecule has 4 heteroatoms. The van der Waals surface area contributed by atoms with Crippen molar-refractivity contribution >= 4 is 0 Å². The van der Waals surface area contributed by atoms with Crippen molar-refractivity contribution in [2.45, 2.75) is 6.54 Å². The van der Waals surface area contributed by atoms with Gasteiger partial charge in [-0.15, -0.1) is 0 Å². The molecule has 0 amide bonds. The Morgan fingerprint density at radius 3 is 2.33 bits per heavy atom. The summed E-state index contributed by atoms with van der Waals surface area (Å²) >= 11 is 0. The van der Waals surface area contributed by atoms with Crippen molar-refractivity contribution in [3.8, 4) is 17.2 Å². The van der Waals surface area contributed by atoms with E-state index in [-0.39, 0.29) is 5.82 Å². The minimum Gasteiger partial charge on any atom is -0.497 e. The van der Waals surface area contributed by atoms with Crippen LogP contribution in [0.15, 0.2) is 42.5 Å². The molecule has 0 bridgehead atoms. The molecule has 0 heterocycles. The number of hydrogen-bond donors (Lipinski definition) is 1. The Bertz CT molecular complexity index is 526. The van der Waals surface area contributed by atoms with Gasteiger partial charge in [-0.25, -0.2) is 4.39 Å². The highest BCUT2D eigenvalue weighted by atomic mass is 19.1. The summed E-state index contributed by atoms with van der Waals surface area (Å²) in [4.78, 5) is 0. The van der Waals surface area contributed by atoms with E-state index in [1.165, 1.54) is 6.07 Å². The zero-order valence-corrected chi connectivity index (χ0v) is 10.2. The van der Waals surface area contributed by atoms with Gasteiger partial charge in [0.25, 0.3) is 0 Å². The molecule has 0 saturated heterocycles. The van der Waals surface area contributed by atoms with Crippen LogP contribution in [0.25, 0.3) is 0 Å². The Labute approximate surface area is 105 Å². The van der Waals surface area contributed by atoms with Gasteiger partial charge >= 0.3 is 0 Å². The summed E-state index contributed by atoms with van der Waals surface area (Å²) in [6.07, 6.45) is 0.